The summed E-state index contributed by atoms with van der Waals surface area (Å²) >= 11 is 1.05. The van der Waals surface area contributed by atoms with Gasteiger partial charge in [-0.05, 0) is 6.42 Å². The third kappa shape index (κ3) is 2.95. The van der Waals surface area contributed by atoms with Crippen LogP contribution in [-0.4, -0.2) is 23.1 Å². The SMILES string of the molecule is CCC(Oc1csc(C(=O)O)c1)C(N)=O. The number of thiophene rings is 1. The van der Waals surface area contributed by atoms with E-state index >= 15 is 0 Å². The number of carboxylic acid groups (broad SMARTS) is 1. The van der Waals surface area contributed by atoms with E-state index in [1.807, 2.05) is 0 Å². The fourth-order valence-electron chi connectivity index (χ4n) is 1.000. The molecule has 0 aliphatic rings. The molecule has 15 heavy (non-hydrogen) atoms. The summed E-state index contributed by atoms with van der Waals surface area (Å²) in [7, 11) is 0. The molecule has 82 valence electrons. The van der Waals surface area contributed by atoms with Gasteiger partial charge in [0.25, 0.3) is 5.91 Å². The Hall–Kier alpha value is -1.56. The zero-order valence-electron chi connectivity index (χ0n) is 8.10. The van der Waals surface area contributed by atoms with Gasteiger partial charge in [0, 0.05) is 11.4 Å². The Kier molecular flexibility index (Phi) is 3.68. The molecule has 1 amide bonds. The number of amides is 1. The Morgan fingerprint density at radius 3 is 2.73 bits per heavy atom. The van der Waals surface area contributed by atoms with E-state index in [1.54, 1.807) is 6.92 Å². The summed E-state index contributed by atoms with van der Waals surface area (Å²) in [6, 6.07) is 1.37. The van der Waals surface area contributed by atoms with Crippen molar-refractivity contribution in [3.05, 3.63) is 16.3 Å². The summed E-state index contributed by atoms with van der Waals surface area (Å²) < 4.78 is 5.23. The van der Waals surface area contributed by atoms with Crippen LogP contribution in [-0.2, 0) is 4.79 Å². The van der Waals surface area contributed by atoms with E-state index in [0.29, 0.717) is 12.2 Å². The molecule has 0 saturated carbocycles. The molecule has 0 radical (unpaired) electrons. The topological polar surface area (TPSA) is 89.6 Å². The highest BCUT2D eigenvalue weighted by Crippen LogP contribution is 2.22. The summed E-state index contributed by atoms with van der Waals surface area (Å²) in [4.78, 5) is 21.6. The third-order valence-corrected chi connectivity index (χ3v) is 2.65. The van der Waals surface area contributed by atoms with E-state index in [1.165, 1.54) is 11.4 Å². The molecule has 1 rings (SSSR count). The van der Waals surface area contributed by atoms with E-state index in [-0.39, 0.29) is 4.88 Å². The lowest BCUT2D eigenvalue weighted by molar-refractivity contribution is -0.124. The van der Waals surface area contributed by atoms with E-state index in [2.05, 4.69) is 0 Å². The summed E-state index contributed by atoms with van der Waals surface area (Å²) in [5, 5.41) is 10.2. The second-order valence-corrected chi connectivity index (χ2v) is 3.78. The minimum Gasteiger partial charge on any atom is -0.480 e. The van der Waals surface area contributed by atoms with Crippen LogP contribution in [0.1, 0.15) is 23.0 Å². The number of ether oxygens (including phenoxy) is 1. The van der Waals surface area contributed by atoms with Gasteiger partial charge in [-0.3, -0.25) is 4.79 Å². The van der Waals surface area contributed by atoms with E-state index in [4.69, 9.17) is 15.6 Å². The van der Waals surface area contributed by atoms with Gasteiger partial charge in [-0.15, -0.1) is 11.3 Å². The number of hydrogen-bond acceptors (Lipinski definition) is 4. The van der Waals surface area contributed by atoms with Crippen molar-refractivity contribution >= 4 is 23.2 Å². The molecular formula is C9H11NO4S. The number of carbonyl (C=O) groups is 2. The second-order valence-electron chi connectivity index (χ2n) is 2.87. The van der Waals surface area contributed by atoms with Gasteiger partial charge in [-0.2, -0.15) is 0 Å². The Labute approximate surface area is 90.5 Å². The zero-order valence-corrected chi connectivity index (χ0v) is 8.91. The number of primary amides is 1. The highest BCUT2D eigenvalue weighted by atomic mass is 32.1. The molecule has 1 heterocycles. The largest absolute Gasteiger partial charge is 0.480 e. The van der Waals surface area contributed by atoms with Crippen LogP contribution in [0.3, 0.4) is 0 Å². The molecule has 0 spiro atoms. The lowest BCUT2D eigenvalue weighted by Crippen LogP contribution is -2.32. The quantitative estimate of drug-likeness (QED) is 0.790. The highest BCUT2D eigenvalue weighted by Gasteiger charge is 2.16. The minimum absolute atomic E-state index is 0.171. The van der Waals surface area contributed by atoms with Crippen molar-refractivity contribution in [2.75, 3.05) is 0 Å². The summed E-state index contributed by atoms with van der Waals surface area (Å²) in [6.45, 7) is 1.76. The van der Waals surface area contributed by atoms with Crippen molar-refractivity contribution in [1.29, 1.82) is 0 Å². The van der Waals surface area contributed by atoms with E-state index in [0.717, 1.165) is 11.3 Å². The van der Waals surface area contributed by atoms with E-state index < -0.39 is 18.0 Å². The van der Waals surface area contributed by atoms with Crippen molar-refractivity contribution < 1.29 is 19.4 Å². The molecule has 0 aliphatic heterocycles. The monoisotopic (exact) mass is 229 g/mol. The van der Waals surface area contributed by atoms with Crippen LogP contribution in [0.15, 0.2) is 11.4 Å². The van der Waals surface area contributed by atoms with Gasteiger partial charge in [-0.25, -0.2) is 4.79 Å². The van der Waals surface area contributed by atoms with Crippen LogP contribution in [0.4, 0.5) is 0 Å². The fourth-order valence-corrected chi connectivity index (χ4v) is 1.65. The Bertz CT molecular complexity index is 374. The van der Waals surface area contributed by atoms with Gasteiger partial charge in [-0.1, -0.05) is 6.92 Å². The van der Waals surface area contributed by atoms with Gasteiger partial charge >= 0.3 is 5.97 Å². The van der Waals surface area contributed by atoms with Gasteiger partial charge < -0.3 is 15.6 Å². The van der Waals surface area contributed by atoms with Crippen LogP contribution in [0.25, 0.3) is 0 Å². The predicted octanol–water partition coefficient (Wildman–Crippen LogP) is 1.09. The summed E-state index contributed by atoms with van der Waals surface area (Å²) in [5.41, 5.74) is 5.08. The first kappa shape index (κ1) is 11.5. The first-order chi connectivity index (χ1) is 7.04. The summed E-state index contributed by atoms with van der Waals surface area (Å²) in [5.74, 6) is -1.20. The van der Waals surface area contributed by atoms with Crippen molar-refractivity contribution in [2.24, 2.45) is 5.73 Å². The maximum atomic E-state index is 10.9. The number of hydrogen-bond donors (Lipinski definition) is 2. The average Bonchev–Trinajstić information content (AvgIpc) is 2.61. The van der Waals surface area contributed by atoms with E-state index in [9.17, 15) is 9.59 Å². The highest BCUT2D eigenvalue weighted by molar-refractivity contribution is 7.12. The van der Waals surface area contributed by atoms with Crippen molar-refractivity contribution in [3.8, 4) is 5.75 Å². The smallest absolute Gasteiger partial charge is 0.346 e. The Balaban J connectivity index is 2.71. The van der Waals surface area contributed by atoms with Gasteiger partial charge in [0.1, 0.15) is 10.6 Å². The number of carbonyl (C=O) groups excluding carboxylic acids is 1. The van der Waals surface area contributed by atoms with Crippen molar-refractivity contribution in [3.63, 3.8) is 0 Å². The maximum absolute atomic E-state index is 10.9. The molecular weight excluding hydrogens is 218 g/mol. The van der Waals surface area contributed by atoms with Crippen LogP contribution in [0.5, 0.6) is 5.75 Å². The maximum Gasteiger partial charge on any atom is 0.346 e. The lowest BCUT2D eigenvalue weighted by Gasteiger charge is -2.11. The Morgan fingerprint density at radius 1 is 1.67 bits per heavy atom. The molecule has 1 aromatic heterocycles. The predicted molar refractivity (Wildman–Crippen MR) is 55.2 cm³/mol. The molecule has 3 N–H and O–H groups in total. The first-order valence-electron chi connectivity index (χ1n) is 4.32. The second kappa shape index (κ2) is 4.79. The Morgan fingerprint density at radius 2 is 2.33 bits per heavy atom. The molecule has 6 heteroatoms. The number of carboxylic acids is 1. The molecule has 5 nitrogen and oxygen atoms in total. The van der Waals surface area contributed by atoms with Gasteiger partial charge in [0.15, 0.2) is 6.10 Å². The molecule has 1 aromatic rings. The van der Waals surface area contributed by atoms with Gasteiger partial charge in [0.05, 0.1) is 0 Å². The molecule has 0 saturated heterocycles. The number of nitrogens with two attached hydrogens (primary N) is 1. The number of rotatable bonds is 5. The van der Waals surface area contributed by atoms with Crippen LogP contribution >= 0.6 is 11.3 Å². The molecule has 1 atom stereocenters. The van der Waals surface area contributed by atoms with Crippen LogP contribution < -0.4 is 10.5 Å². The van der Waals surface area contributed by atoms with Crippen molar-refractivity contribution in [2.45, 2.75) is 19.4 Å². The van der Waals surface area contributed by atoms with Crippen molar-refractivity contribution in [1.82, 2.24) is 0 Å². The molecule has 1 unspecified atom stereocenters. The zero-order chi connectivity index (χ0) is 11.4. The lowest BCUT2D eigenvalue weighted by atomic mass is 10.2. The number of aromatic carboxylic acids is 1. The molecule has 0 fully saturated rings. The molecule has 0 aromatic carbocycles. The average molecular weight is 229 g/mol. The first-order valence-corrected chi connectivity index (χ1v) is 5.20. The summed E-state index contributed by atoms with van der Waals surface area (Å²) in [6.07, 6.45) is -0.255. The third-order valence-electron chi connectivity index (χ3n) is 1.75. The standard InChI is InChI=1S/C9H11NO4S/c1-2-6(8(10)11)14-5-3-7(9(12)13)15-4-5/h3-4,6H,2H2,1H3,(H2,10,11)(H,12,13). The molecule has 0 bridgehead atoms. The normalized spacial score (nSPS) is 12.1. The fraction of sp³-hybridized carbons (Fsp3) is 0.333. The minimum atomic E-state index is -1.01. The van der Waals surface area contributed by atoms with Crippen LogP contribution in [0.2, 0.25) is 0 Å². The van der Waals surface area contributed by atoms with Gasteiger partial charge in [0.2, 0.25) is 0 Å². The van der Waals surface area contributed by atoms with Crippen LogP contribution in [0, 0.1) is 0 Å². The molecule has 0 aliphatic carbocycles.